The van der Waals surface area contributed by atoms with Gasteiger partial charge in [-0.2, -0.15) is 4.31 Å². The molecule has 1 saturated heterocycles. The number of sulfonamides is 1. The first-order chi connectivity index (χ1) is 13.0. The number of benzene rings is 2. The van der Waals surface area contributed by atoms with Crippen molar-refractivity contribution in [3.05, 3.63) is 59.7 Å². The maximum Gasteiger partial charge on any atom is 0.253 e. The van der Waals surface area contributed by atoms with Gasteiger partial charge in [0.05, 0.1) is 7.11 Å². The van der Waals surface area contributed by atoms with E-state index in [4.69, 9.17) is 4.74 Å². The summed E-state index contributed by atoms with van der Waals surface area (Å²) in [6.07, 6.45) is 0.925. The monoisotopic (exact) mass is 388 g/mol. The number of carbonyl (C=O) groups excluding carboxylic acids is 1. The fourth-order valence-electron chi connectivity index (χ4n) is 3.17. The Hall–Kier alpha value is -2.38. The molecule has 27 heavy (non-hydrogen) atoms. The highest BCUT2D eigenvalue weighted by molar-refractivity contribution is 7.89. The van der Waals surface area contributed by atoms with Crippen molar-refractivity contribution >= 4 is 15.9 Å². The zero-order valence-corrected chi connectivity index (χ0v) is 16.4. The minimum Gasteiger partial charge on any atom is -0.495 e. The van der Waals surface area contributed by atoms with Crippen LogP contribution in [0.5, 0.6) is 5.75 Å². The number of carbonyl (C=O) groups is 1. The third-order valence-electron chi connectivity index (χ3n) is 4.82. The Morgan fingerprint density at radius 3 is 2.22 bits per heavy atom. The molecule has 1 aliphatic heterocycles. The number of para-hydroxylation sites is 1. The third-order valence-corrected chi connectivity index (χ3v) is 6.76. The zero-order chi connectivity index (χ0) is 19.4. The molecule has 6 nitrogen and oxygen atoms in total. The second kappa shape index (κ2) is 8.10. The van der Waals surface area contributed by atoms with Crippen LogP contribution in [0.4, 0.5) is 0 Å². The predicted octanol–water partition coefficient (Wildman–Crippen LogP) is 2.40. The number of hydrogen-bond donors (Lipinski definition) is 0. The highest BCUT2D eigenvalue weighted by Gasteiger charge is 2.32. The molecule has 1 fully saturated rings. The molecule has 3 rings (SSSR count). The molecule has 1 amide bonds. The topological polar surface area (TPSA) is 66.9 Å². The van der Waals surface area contributed by atoms with Crippen LogP contribution in [0.1, 0.15) is 22.8 Å². The number of amides is 1. The molecular formula is C20H24N2O4S. The Labute approximate surface area is 160 Å². The quantitative estimate of drug-likeness (QED) is 0.789. The molecule has 0 aliphatic carbocycles. The molecule has 0 atom stereocenters. The minimum absolute atomic E-state index is 0.0630. The molecule has 2 aromatic rings. The van der Waals surface area contributed by atoms with Gasteiger partial charge in [0, 0.05) is 31.7 Å². The third kappa shape index (κ3) is 3.99. The highest BCUT2D eigenvalue weighted by Crippen LogP contribution is 2.27. The Morgan fingerprint density at radius 2 is 1.63 bits per heavy atom. The van der Waals surface area contributed by atoms with Gasteiger partial charge >= 0.3 is 0 Å². The fraction of sp³-hybridized carbons (Fsp3) is 0.350. The lowest BCUT2D eigenvalue weighted by atomic mass is 10.1. The van der Waals surface area contributed by atoms with E-state index >= 15 is 0 Å². The van der Waals surface area contributed by atoms with E-state index in [0.717, 1.165) is 6.42 Å². The Kier molecular flexibility index (Phi) is 5.82. The molecular weight excluding hydrogens is 364 g/mol. The first-order valence-electron chi connectivity index (χ1n) is 8.98. The van der Waals surface area contributed by atoms with Crippen LogP contribution < -0.4 is 4.74 Å². The Balaban J connectivity index is 1.70. The second-order valence-corrected chi connectivity index (χ2v) is 8.30. The summed E-state index contributed by atoms with van der Waals surface area (Å²) in [5.41, 5.74) is 1.81. The van der Waals surface area contributed by atoms with Crippen molar-refractivity contribution < 1.29 is 17.9 Å². The number of aryl methyl sites for hydroxylation is 1. The van der Waals surface area contributed by atoms with Gasteiger partial charge in [-0.05, 0) is 36.2 Å². The summed E-state index contributed by atoms with van der Waals surface area (Å²) in [6.45, 7) is 3.32. The molecule has 0 radical (unpaired) electrons. The number of piperazine rings is 1. The van der Waals surface area contributed by atoms with Crippen LogP contribution in [-0.4, -0.2) is 56.8 Å². The van der Waals surface area contributed by atoms with Gasteiger partial charge in [0.25, 0.3) is 5.91 Å². The number of nitrogens with zero attached hydrogens (tertiary/aromatic N) is 2. The molecule has 1 heterocycles. The van der Waals surface area contributed by atoms with Gasteiger partial charge in [-0.25, -0.2) is 8.42 Å². The molecule has 0 unspecified atom stereocenters. The molecule has 144 valence electrons. The molecule has 0 aromatic heterocycles. The zero-order valence-electron chi connectivity index (χ0n) is 15.6. The molecule has 0 saturated carbocycles. The maximum atomic E-state index is 12.9. The van der Waals surface area contributed by atoms with Gasteiger partial charge in [-0.15, -0.1) is 0 Å². The molecule has 0 bridgehead atoms. The molecule has 0 spiro atoms. The van der Waals surface area contributed by atoms with Crippen LogP contribution in [0.3, 0.4) is 0 Å². The highest BCUT2D eigenvalue weighted by atomic mass is 32.2. The summed E-state index contributed by atoms with van der Waals surface area (Å²) in [4.78, 5) is 14.5. The van der Waals surface area contributed by atoms with Crippen molar-refractivity contribution in [2.45, 2.75) is 18.2 Å². The summed E-state index contributed by atoms with van der Waals surface area (Å²) in [5.74, 6) is 0.263. The summed E-state index contributed by atoms with van der Waals surface area (Å²) in [5, 5.41) is 0. The van der Waals surface area contributed by atoms with E-state index in [0.29, 0.717) is 24.4 Å². The Bertz CT molecular complexity index is 902. The lowest BCUT2D eigenvalue weighted by molar-refractivity contribution is 0.0698. The average Bonchev–Trinajstić information content (AvgIpc) is 2.73. The van der Waals surface area contributed by atoms with Gasteiger partial charge in [-0.1, -0.05) is 31.2 Å². The van der Waals surface area contributed by atoms with Crippen molar-refractivity contribution in [1.29, 1.82) is 0 Å². The largest absolute Gasteiger partial charge is 0.495 e. The predicted molar refractivity (Wildman–Crippen MR) is 103 cm³/mol. The Morgan fingerprint density at radius 1 is 1.00 bits per heavy atom. The van der Waals surface area contributed by atoms with E-state index in [1.165, 1.54) is 17.0 Å². The van der Waals surface area contributed by atoms with Crippen LogP contribution >= 0.6 is 0 Å². The lowest BCUT2D eigenvalue weighted by Gasteiger charge is -2.34. The van der Waals surface area contributed by atoms with Crippen molar-refractivity contribution in [1.82, 2.24) is 9.21 Å². The number of ether oxygens (including phenoxy) is 1. The van der Waals surface area contributed by atoms with Gasteiger partial charge < -0.3 is 9.64 Å². The average molecular weight is 388 g/mol. The van der Waals surface area contributed by atoms with E-state index in [1.54, 1.807) is 29.2 Å². The molecule has 1 aliphatic rings. The normalized spacial score (nSPS) is 15.6. The lowest BCUT2D eigenvalue weighted by Crippen LogP contribution is -2.50. The van der Waals surface area contributed by atoms with Crippen LogP contribution in [0.25, 0.3) is 0 Å². The van der Waals surface area contributed by atoms with Crippen molar-refractivity contribution in [2.75, 3.05) is 33.3 Å². The van der Waals surface area contributed by atoms with Gasteiger partial charge in [0.1, 0.15) is 10.6 Å². The summed E-state index contributed by atoms with van der Waals surface area (Å²) in [6, 6.07) is 14.2. The van der Waals surface area contributed by atoms with Gasteiger partial charge in [0.2, 0.25) is 10.0 Å². The van der Waals surface area contributed by atoms with Crippen molar-refractivity contribution in [3.63, 3.8) is 0 Å². The van der Waals surface area contributed by atoms with E-state index < -0.39 is 10.0 Å². The van der Waals surface area contributed by atoms with Crippen LogP contribution in [0.15, 0.2) is 53.4 Å². The van der Waals surface area contributed by atoms with Crippen LogP contribution in [0, 0.1) is 0 Å². The van der Waals surface area contributed by atoms with E-state index in [9.17, 15) is 13.2 Å². The smallest absolute Gasteiger partial charge is 0.253 e. The van der Waals surface area contributed by atoms with Gasteiger partial charge in [-0.3, -0.25) is 4.79 Å². The summed E-state index contributed by atoms with van der Waals surface area (Å²) >= 11 is 0. The summed E-state index contributed by atoms with van der Waals surface area (Å²) in [7, 11) is -2.20. The van der Waals surface area contributed by atoms with Gasteiger partial charge in [0.15, 0.2) is 0 Å². The van der Waals surface area contributed by atoms with Crippen LogP contribution in [0.2, 0.25) is 0 Å². The summed E-state index contributed by atoms with van der Waals surface area (Å²) < 4.78 is 32.5. The minimum atomic E-state index is -3.66. The SMILES string of the molecule is CCc1ccc(C(=O)N2CCN(S(=O)(=O)c3ccccc3OC)CC2)cc1. The van der Waals surface area contributed by atoms with E-state index in [2.05, 4.69) is 6.92 Å². The van der Waals surface area contributed by atoms with Crippen LogP contribution in [-0.2, 0) is 16.4 Å². The first-order valence-corrected chi connectivity index (χ1v) is 10.4. The number of rotatable bonds is 5. The van der Waals surface area contributed by atoms with Crippen molar-refractivity contribution in [2.24, 2.45) is 0 Å². The van der Waals surface area contributed by atoms with E-state index in [-0.39, 0.29) is 23.9 Å². The second-order valence-electron chi connectivity index (χ2n) is 6.40. The molecule has 0 N–H and O–H groups in total. The number of methoxy groups -OCH3 is 1. The van der Waals surface area contributed by atoms with Crippen molar-refractivity contribution in [3.8, 4) is 5.75 Å². The molecule has 2 aromatic carbocycles. The fourth-order valence-corrected chi connectivity index (χ4v) is 4.75. The maximum absolute atomic E-state index is 12.9. The van der Waals surface area contributed by atoms with E-state index in [1.807, 2.05) is 24.3 Å². The standard InChI is InChI=1S/C20H24N2O4S/c1-3-16-8-10-17(11-9-16)20(23)21-12-14-22(15-13-21)27(24,25)19-7-5-4-6-18(19)26-2/h4-11H,3,12-15H2,1-2H3. The molecule has 7 heteroatoms. The first kappa shape index (κ1) is 19.4. The number of hydrogen-bond acceptors (Lipinski definition) is 4.